The molecule has 0 aliphatic carbocycles. The SMILES string of the molecule is CC(C)C1CN(CC(F)(F)C(F)F)CCN1. The Morgan fingerprint density at radius 3 is 2.50 bits per heavy atom. The highest BCUT2D eigenvalue weighted by atomic mass is 19.3. The average molecular weight is 242 g/mol. The molecule has 0 aromatic carbocycles. The van der Waals surface area contributed by atoms with E-state index in [9.17, 15) is 17.6 Å². The molecule has 0 aromatic rings. The molecule has 16 heavy (non-hydrogen) atoms. The van der Waals surface area contributed by atoms with E-state index < -0.39 is 18.9 Å². The van der Waals surface area contributed by atoms with Crippen molar-refractivity contribution in [2.24, 2.45) is 5.92 Å². The Hall–Kier alpha value is -0.360. The zero-order valence-corrected chi connectivity index (χ0v) is 9.52. The Morgan fingerprint density at radius 2 is 2.00 bits per heavy atom. The van der Waals surface area contributed by atoms with Crippen molar-refractivity contribution in [3.63, 3.8) is 0 Å². The minimum Gasteiger partial charge on any atom is -0.311 e. The first-order valence-corrected chi connectivity index (χ1v) is 5.44. The molecule has 0 amide bonds. The summed E-state index contributed by atoms with van der Waals surface area (Å²) >= 11 is 0. The maximum absolute atomic E-state index is 12.8. The third kappa shape index (κ3) is 3.59. The summed E-state index contributed by atoms with van der Waals surface area (Å²) in [7, 11) is 0. The highest BCUT2D eigenvalue weighted by Crippen LogP contribution is 2.24. The molecular weight excluding hydrogens is 224 g/mol. The van der Waals surface area contributed by atoms with Crippen molar-refractivity contribution in [1.82, 2.24) is 10.2 Å². The van der Waals surface area contributed by atoms with Crippen LogP contribution in [-0.4, -0.2) is 49.5 Å². The van der Waals surface area contributed by atoms with E-state index in [1.165, 1.54) is 4.90 Å². The van der Waals surface area contributed by atoms with Crippen molar-refractivity contribution >= 4 is 0 Å². The molecule has 1 aliphatic heterocycles. The lowest BCUT2D eigenvalue weighted by Gasteiger charge is -2.37. The Morgan fingerprint density at radius 1 is 1.38 bits per heavy atom. The number of hydrogen-bond acceptors (Lipinski definition) is 2. The van der Waals surface area contributed by atoms with Gasteiger partial charge in [-0.25, -0.2) is 8.78 Å². The van der Waals surface area contributed by atoms with Crippen molar-refractivity contribution in [3.8, 4) is 0 Å². The lowest BCUT2D eigenvalue weighted by molar-refractivity contribution is -0.144. The Balaban J connectivity index is 2.49. The van der Waals surface area contributed by atoms with Gasteiger partial charge >= 0.3 is 12.3 Å². The van der Waals surface area contributed by atoms with Crippen LogP contribution >= 0.6 is 0 Å². The summed E-state index contributed by atoms with van der Waals surface area (Å²) in [5.41, 5.74) is 0. The van der Waals surface area contributed by atoms with Gasteiger partial charge in [-0.3, -0.25) is 4.90 Å². The van der Waals surface area contributed by atoms with Crippen LogP contribution in [0.4, 0.5) is 17.6 Å². The monoisotopic (exact) mass is 242 g/mol. The molecular formula is C10H18F4N2. The zero-order valence-electron chi connectivity index (χ0n) is 9.52. The average Bonchev–Trinajstić information content (AvgIpc) is 2.17. The molecule has 1 atom stereocenters. The van der Waals surface area contributed by atoms with Gasteiger partial charge < -0.3 is 5.32 Å². The van der Waals surface area contributed by atoms with Gasteiger partial charge in [0.1, 0.15) is 0 Å². The Bertz CT molecular complexity index is 221. The molecule has 1 fully saturated rings. The second-order valence-corrected chi connectivity index (χ2v) is 4.60. The van der Waals surface area contributed by atoms with Gasteiger partial charge in [0.05, 0.1) is 6.54 Å². The molecule has 2 nitrogen and oxygen atoms in total. The first kappa shape index (κ1) is 13.7. The molecule has 96 valence electrons. The minimum atomic E-state index is -3.90. The van der Waals surface area contributed by atoms with Crippen LogP contribution in [0.3, 0.4) is 0 Å². The van der Waals surface area contributed by atoms with E-state index in [2.05, 4.69) is 5.32 Å². The number of hydrogen-bond donors (Lipinski definition) is 1. The summed E-state index contributed by atoms with van der Waals surface area (Å²) in [6, 6.07) is 0.0993. The van der Waals surface area contributed by atoms with Crippen molar-refractivity contribution in [3.05, 3.63) is 0 Å². The van der Waals surface area contributed by atoms with E-state index in [-0.39, 0.29) is 6.04 Å². The van der Waals surface area contributed by atoms with Crippen molar-refractivity contribution in [2.75, 3.05) is 26.2 Å². The lowest BCUT2D eigenvalue weighted by atomic mass is 10.0. The standard InChI is InChI=1S/C10H18F4N2/c1-7(2)8-5-16(4-3-15-8)6-10(13,14)9(11)12/h7-9,15H,3-6H2,1-2H3. The molecule has 0 saturated carbocycles. The van der Waals surface area contributed by atoms with Gasteiger partial charge in [-0.05, 0) is 5.92 Å². The molecule has 0 radical (unpaired) electrons. The van der Waals surface area contributed by atoms with Crippen LogP contribution in [0, 0.1) is 5.92 Å². The summed E-state index contributed by atoms with van der Waals surface area (Å²) in [5, 5.41) is 3.19. The van der Waals surface area contributed by atoms with Gasteiger partial charge in [-0.2, -0.15) is 8.78 Å². The van der Waals surface area contributed by atoms with E-state index in [4.69, 9.17) is 0 Å². The highest BCUT2D eigenvalue weighted by molar-refractivity contribution is 4.84. The van der Waals surface area contributed by atoms with Crippen LogP contribution in [0.2, 0.25) is 0 Å². The number of nitrogens with zero attached hydrogens (tertiary/aromatic N) is 1. The summed E-state index contributed by atoms with van der Waals surface area (Å²) in [4.78, 5) is 1.41. The third-order valence-electron chi connectivity index (χ3n) is 2.85. The van der Waals surface area contributed by atoms with Crippen LogP contribution in [-0.2, 0) is 0 Å². The normalized spacial score (nSPS) is 24.4. The molecule has 6 heteroatoms. The first-order valence-electron chi connectivity index (χ1n) is 5.44. The van der Waals surface area contributed by atoms with E-state index in [0.29, 0.717) is 25.6 Å². The molecule has 1 N–H and O–H groups in total. The van der Waals surface area contributed by atoms with Crippen LogP contribution in [0.5, 0.6) is 0 Å². The van der Waals surface area contributed by atoms with Gasteiger partial charge in [-0.15, -0.1) is 0 Å². The topological polar surface area (TPSA) is 15.3 Å². The van der Waals surface area contributed by atoms with Gasteiger partial charge in [0.25, 0.3) is 0 Å². The van der Waals surface area contributed by atoms with Crippen LogP contribution in [0.25, 0.3) is 0 Å². The number of piperazine rings is 1. The summed E-state index contributed by atoms with van der Waals surface area (Å²) in [6.07, 6.45) is -3.58. The fourth-order valence-corrected chi connectivity index (χ4v) is 1.80. The van der Waals surface area contributed by atoms with Crippen LogP contribution in [0.1, 0.15) is 13.8 Å². The lowest BCUT2D eigenvalue weighted by Crippen LogP contribution is -2.56. The fourth-order valence-electron chi connectivity index (χ4n) is 1.80. The largest absolute Gasteiger partial charge is 0.319 e. The van der Waals surface area contributed by atoms with Gasteiger partial charge in [-0.1, -0.05) is 13.8 Å². The fraction of sp³-hybridized carbons (Fsp3) is 1.00. The molecule has 1 rings (SSSR count). The molecule has 0 bridgehead atoms. The van der Waals surface area contributed by atoms with E-state index in [1.54, 1.807) is 0 Å². The summed E-state index contributed by atoms with van der Waals surface area (Å²) in [5.74, 6) is -3.60. The molecule has 0 aromatic heterocycles. The number of rotatable bonds is 4. The quantitative estimate of drug-likeness (QED) is 0.756. The van der Waals surface area contributed by atoms with Crippen molar-refractivity contribution < 1.29 is 17.6 Å². The summed E-state index contributed by atoms with van der Waals surface area (Å²) < 4.78 is 49.8. The smallest absolute Gasteiger partial charge is 0.311 e. The van der Waals surface area contributed by atoms with Crippen molar-refractivity contribution in [2.45, 2.75) is 32.2 Å². The third-order valence-corrected chi connectivity index (χ3v) is 2.85. The van der Waals surface area contributed by atoms with E-state index >= 15 is 0 Å². The molecule has 1 unspecified atom stereocenters. The Kier molecular flexibility index (Phi) is 4.55. The maximum atomic E-state index is 12.8. The van der Waals surface area contributed by atoms with Gasteiger partial charge in [0, 0.05) is 25.7 Å². The molecule has 0 spiro atoms. The maximum Gasteiger partial charge on any atom is 0.319 e. The van der Waals surface area contributed by atoms with Crippen molar-refractivity contribution in [1.29, 1.82) is 0 Å². The molecule has 1 aliphatic rings. The molecule has 1 heterocycles. The number of nitrogens with one attached hydrogen (secondary N) is 1. The van der Waals surface area contributed by atoms with Gasteiger partial charge in [0.15, 0.2) is 0 Å². The number of alkyl halides is 4. The second kappa shape index (κ2) is 5.31. The summed E-state index contributed by atoms with van der Waals surface area (Å²) in [6.45, 7) is 4.47. The van der Waals surface area contributed by atoms with E-state index in [0.717, 1.165) is 0 Å². The molecule has 1 saturated heterocycles. The Labute approximate surface area is 93.0 Å². The predicted molar refractivity (Wildman–Crippen MR) is 54.0 cm³/mol. The first-order chi connectivity index (χ1) is 7.33. The van der Waals surface area contributed by atoms with Gasteiger partial charge in [0.2, 0.25) is 0 Å². The second-order valence-electron chi connectivity index (χ2n) is 4.60. The van der Waals surface area contributed by atoms with Crippen LogP contribution < -0.4 is 5.32 Å². The van der Waals surface area contributed by atoms with E-state index in [1.807, 2.05) is 13.8 Å². The van der Waals surface area contributed by atoms with Crippen LogP contribution in [0.15, 0.2) is 0 Å². The minimum absolute atomic E-state index is 0.0993. The highest BCUT2D eigenvalue weighted by Gasteiger charge is 2.43. The number of halogens is 4. The zero-order chi connectivity index (χ0) is 12.3. The predicted octanol–water partition coefficient (Wildman–Crippen LogP) is 1.82.